The minimum Gasteiger partial charge on any atom is -0.353 e. The first kappa shape index (κ1) is 13.3. The second-order valence-electron chi connectivity index (χ2n) is 4.64. The number of halogens is 2. The Kier molecular flexibility index (Phi) is 4.86. The van der Waals surface area contributed by atoms with Gasteiger partial charge in [-0.2, -0.15) is 0 Å². The molecule has 1 aromatic heterocycles. The van der Waals surface area contributed by atoms with Gasteiger partial charge in [-0.05, 0) is 47.3 Å². The van der Waals surface area contributed by atoms with E-state index in [0.717, 1.165) is 22.2 Å². The Bertz CT molecular complexity index is 382. The van der Waals surface area contributed by atoms with Gasteiger partial charge in [0.05, 0.1) is 0 Å². The van der Waals surface area contributed by atoms with E-state index in [-0.39, 0.29) is 0 Å². The molecule has 4 heteroatoms. The Labute approximate surface area is 120 Å². The van der Waals surface area contributed by atoms with Crippen molar-refractivity contribution in [3.63, 3.8) is 0 Å². The van der Waals surface area contributed by atoms with E-state index in [4.69, 9.17) is 0 Å². The number of rotatable bonds is 2. The average molecular weight is 362 g/mol. The lowest BCUT2D eigenvalue weighted by Gasteiger charge is -2.30. The first-order valence-electron chi connectivity index (χ1n) is 6.17. The zero-order chi connectivity index (χ0) is 12.3. The number of aryl methyl sites for hydroxylation is 1. The van der Waals surface area contributed by atoms with Crippen molar-refractivity contribution in [3.05, 3.63) is 22.3 Å². The van der Waals surface area contributed by atoms with Gasteiger partial charge in [-0.3, -0.25) is 0 Å². The summed E-state index contributed by atoms with van der Waals surface area (Å²) in [6.45, 7) is 3.25. The minimum absolute atomic E-state index is 0.588. The number of anilines is 1. The summed E-state index contributed by atoms with van der Waals surface area (Å²) in [6.07, 6.45) is 7.14. The summed E-state index contributed by atoms with van der Waals surface area (Å²) in [7, 11) is 0. The molecular weight excluding hydrogens is 344 g/mol. The van der Waals surface area contributed by atoms with Crippen molar-refractivity contribution in [2.75, 3.05) is 16.8 Å². The quantitative estimate of drug-likeness (QED) is 0.730. The maximum Gasteiger partial charge on any atom is 0.129 e. The van der Waals surface area contributed by atoms with Crippen LogP contribution in [0.4, 0.5) is 5.82 Å². The molecule has 0 amide bonds. The van der Waals surface area contributed by atoms with Gasteiger partial charge in [0.1, 0.15) is 5.82 Å². The van der Waals surface area contributed by atoms with Crippen LogP contribution in [-0.4, -0.2) is 22.9 Å². The zero-order valence-electron chi connectivity index (χ0n) is 10.1. The third kappa shape index (κ3) is 3.22. The molecule has 0 N–H and O–H groups in total. The van der Waals surface area contributed by atoms with E-state index >= 15 is 0 Å². The molecule has 1 fully saturated rings. The second kappa shape index (κ2) is 6.19. The predicted molar refractivity (Wildman–Crippen MR) is 80.1 cm³/mol. The van der Waals surface area contributed by atoms with Gasteiger partial charge in [0.15, 0.2) is 0 Å². The van der Waals surface area contributed by atoms with Crippen molar-refractivity contribution in [1.82, 2.24) is 4.98 Å². The summed E-state index contributed by atoms with van der Waals surface area (Å²) < 4.78 is 1.09. The number of alkyl halides is 1. The number of pyridine rings is 1. The highest BCUT2D eigenvalue weighted by Gasteiger charge is 2.21. The van der Waals surface area contributed by atoms with Crippen LogP contribution in [0.2, 0.25) is 0 Å². The van der Waals surface area contributed by atoms with E-state index in [1.807, 2.05) is 6.20 Å². The van der Waals surface area contributed by atoms with Crippen LogP contribution in [0, 0.1) is 6.92 Å². The van der Waals surface area contributed by atoms with E-state index < -0.39 is 0 Å². The third-order valence-corrected chi connectivity index (χ3v) is 4.96. The fraction of sp³-hybridized carbons (Fsp3) is 0.615. The third-order valence-electron chi connectivity index (χ3n) is 3.38. The van der Waals surface area contributed by atoms with E-state index in [1.165, 1.54) is 31.2 Å². The van der Waals surface area contributed by atoms with Crippen LogP contribution >= 0.6 is 31.9 Å². The molecule has 0 aromatic carbocycles. The molecule has 2 nitrogen and oxygen atoms in total. The summed E-state index contributed by atoms with van der Waals surface area (Å²) in [4.78, 5) is 7.02. The molecule has 2 heterocycles. The van der Waals surface area contributed by atoms with Crippen molar-refractivity contribution >= 4 is 37.7 Å². The predicted octanol–water partition coefficient (Wildman–Crippen LogP) is 4.30. The molecule has 1 unspecified atom stereocenters. The summed E-state index contributed by atoms with van der Waals surface area (Å²) in [5.41, 5.74) is 1.26. The molecule has 2 rings (SSSR count). The topological polar surface area (TPSA) is 16.1 Å². The minimum atomic E-state index is 0.588. The van der Waals surface area contributed by atoms with Gasteiger partial charge in [0.25, 0.3) is 0 Å². The van der Waals surface area contributed by atoms with Crippen molar-refractivity contribution < 1.29 is 0 Å². The summed E-state index contributed by atoms with van der Waals surface area (Å²) in [5.74, 6) is 1.12. The molecule has 0 aliphatic carbocycles. The first-order chi connectivity index (χ1) is 8.22. The molecule has 94 valence electrons. The molecule has 0 spiro atoms. The van der Waals surface area contributed by atoms with Crippen LogP contribution in [-0.2, 0) is 0 Å². The molecule has 1 aliphatic heterocycles. The summed E-state index contributed by atoms with van der Waals surface area (Å²) in [5, 5.41) is 1.03. The van der Waals surface area contributed by atoms with Crippen molar-refractivity contribution in [3.8, 4) is 0 Å². The smallest absolute Gasteiger partial charge is 0.129 e. The van der Waals surface area contributed by atoms with Crippen LogP contribution in [0.5, 0.6) is 0 Å². The largest absolute Gasteiger partial charge is 0.353 e. The summed E-state index contributed by atoms with van der Waals surface area (Å²) >= 11 is 7.15. The number of hydrogen-bond donors (Lipinski definition) is 0. The molecule has 0 radical (unpaired) electrons. The molecule has 1 aliphatic rings. The Morgan fingerprint density at radius 3 is 2.94 bits per heavy atom. The average Bonchev–Trinajstić information content (AvgIpc) is 2.57. The van der Waals surface area contributed by atoms with E-state index in [9.17, 15) is 0 Å². The van der Waals surface area contributed by atoms with E-state index in [0.29, 0.717) is 6.04 Å². The van der Waals surface area contributed by atoms with Gasteiger partial charge in [-0.25, -0.2) is 4.98 Å². The first-order valence-corrected chi connectivity index (χ1v) is 8.08. The van der Waals surface area contributed by atoms with Crippen LogP contribution in [0.3, 0.4) is 0 Å². The molecular formula is C13H18Br2N2. The molecule has 1 atom stereocenters. The highest BCUT2D eigenvalue weighted by Crippen LogP contribution is 2.26. The van der Waals surface area contributed by atoms with Gasteiger partial charge < -0.3 is 4.90 Å². The highest BCUT2D eigenvalue weighted by molar-refractivity contribution is 9.10. The number of nitrogens with zero attached hydrogens (tertiary/aromatic N) is 2. The van der Waals surface area contributed by atoms with Crippen LogP contribution in [0.1, 0.15) is 31.2 Å². The van der Waals surface area contributed by atoms with Crippen LogP contribution < -0.4 is 4.90 Å². The Hall–Kier alpha value is -0.0900. The van der Waals surface area contributed by atoms with Gasteiger partial charge in [0, 0.05) is 28.6 Å². The number of hydrogen-bond acceptors (Lipinski definition) is 2. The lowest BCUT2D eigenvalue weighted by Crippen LogP contribution is -2.36. The van der Waals surface area contributed by atoms with E-state index in [2.05, 4.69) is 54.7 Å². The van der Waals surface area contributed by atoms with Crippen molar-refractivity contribution in [1.29, 1.82) is 0 Å². The molecule has 0 saturated carbocycles. The van der Waals surface area contributed by atoms with Crippen LogP contribution in [0.15, 0.2) is 16.7 Å². The standard InChI is InChI=1S/C13H18Br2N2/c1-10-7-13(16-9-12(10)15)17-6-4-2-3-5-11(17)8-14/h7,9,11H,2-6,8H2,1H3. The van der Waals surface area contributed by atoms with E-state index in [1.54, 1.807) is 0 Å². The van der Waals surface area contributed by atoms with Gasteiger partial charge >= 0.3 is 0 Å². The summed E-state index contributed by atoms with van der Waals surface area (Å²) in [6, 6.07) is 2.77. The number of aromatic nitrogens is 1. The van der Waals surface area contributed by atoms with Gasteiger partial charge in [-0.15, -0.1) is 0 Å². The zero-order valence-corrected chi connectivity index (χ0v) is 13.3. The maximum absolute atomic E-state index is 4.56. The Morgan fingerprint density at radius 1 is 1.41 bits per heavy atom. The van der Waals surface area contributed by atoms with Crippen molar-refractivity contribution in [2.24, 2.45) is 0 Å². The van der Waals surface area contributed by atoms with Gasteiger partial charge in [-0.1, -0.05) is 28.8 Å². The lowest BCUT2D eigenvalue weighted by molar-refractivity contribution is 0.621. The molecule has 17 heavy (non-hydrogen) atoms. The SMILES string of the molecule is Cc1cc(N2CCCCCC2CBr)ncc1Br. The normalized spacial score (nSPS) is 21.4. The lowest BCUT2D eigenvalue weighted by atomic mass is 10.1. The van der Waals surface area contributed by atoms with Crippen LogP contribution in [0.25, 0.3) is 0 Å². The Morgan fingerprint density at radius 2 is 2.24 bits per heavy atom. The highest BCUT2D eigenvalue weighted by atomic mass is 79.9. The molecule has 1 saturated heterocycles. The second-order valence-corrected chi connectivity index (χ2v) is 6.14. The molecule has 1 aromatic rings. The maximum atomic E-state index is 4.56. The van der Waals surface area contributed by atoms with Gasteiger partial charge in [0.2, 0.25) is 0 Å². The fourth-order valence-corrected chi connectivity index (χ4v) is 3.21. The monoisotopic (exact) mass is 360 g/mol. The fourth-order valence-electron chi connectivity index (χ4n) is 2.32. The van der Waals surface area contributed by atoms with Crippen molar-refractivity contribution in [2.45, 2.75) is 38.6 Å². The Balaban J connectivity index is 2.25. The molecule has 0 bridgehead atoms.